The van der Waals surface area contributed by atoms with Crippen molar-refractivity contribution >= 4 is 17.2 Å². The Hall–Kier alpha value is -1.85. The zero-order chi connectivity index (χ0) is 15.1. The highest BCUT2D eigenvalue weighted by Crippen LogP contribution is 2.13. The Kier molecular flexibility index (Phi) is 5.78. The number of nitrogens with zero attached hydrogens (tertiary/aromatic N) is 1. The summed E-state index contributed by atoms with van der Waals surface area (Å²) in [5, 5.41) is 0. The van der Waals surface area contributed by atoms with Gasteiger partial charge in [0, 0.05) is 24.6 Å². The minimum absolute atomic E-state index is 0.185. The van der Waals surface area contributed by atoms with Gasteiger partial charge in [0.1, 0.15) is 10.8 Å². The zero-order valence-electron chi connectivity index (χ0n) is 11.6. The van der Waals surface area contributed by atoms with Crippen LogP contribution in [0.3, 0.4) is 0 Å². The molecule has 0 saturated carbocycles. The molecule has 1 aromatic heterocycles. The van der Waals surface area contributed by atoms with E-state index in [0.29, 0.717) is 18.8 Å². The first-order valence-electron chi connectivity index (χ1n) is 6.71. The topological polar surface area (TPSA) is 48.1 Å². The molecule has 0 aliphatic heterocycles. The Morgan fingerprint density at radius 2 is 2.00 bits per heavy atom. The molecule has 110 valence electrons. The van der Waals surface area contributed by atoms with Crippen LogP contribution < -0.4 is 5.73 Å². The summed E-state index contributed by atoms with van der Waals surface area (Å²) >= 11 is 4.92. The average molecular weight is 304 g/mol. The highest BCUT2D eigenvalue weighted by molar-refractivity contribution is 7.80. The molecule has 5 heteroatoms. The quantitative estimate of drug-likeness (QED) is 0.631. The number of benzene rings is 1. The number of ether oxygens (including phenoxy) is 1. The molecule has 0 radical (unpaired) electrons. The van der Waals surface area contributed by atoms with Crippen molar-refractivity contribution < 1.29 is 9.13 Å². The Morgan fingerprint density at radius 1 is 1.24 bits per heavy atom. The van der Waals surface area contributed by atoms with E-state index in [1.807, 2.05) is 12.1 Å². The lowest BCUT2D eigenvalue weighted by molar-refractivity contribution is 0.118. The van der Waals surface area contributed by atoms with Crippen molar-refractivity contribution in [3.63, 3.8) is 0 Å². The average Bonchev–Trinajstić information content (AvgIpc) is 2.49. The maximum atomic E-state index is 13.2. The maximum absolute atomic E-state index is 13.2. The molecule has 0 unspecified atom stereocenters. The maximum Gasteiger partial charge on any atom is 0.123 e. The summed E-state index contributed by atoms with van der Waals surface area (Å²) in [5.41, 5.74) is 8.18. The minimum atomic E-state index is -0.348. The Bertz CT molecular complexity index is 604. The molecule has 1 aromatic carbocycles. The molecule has 0 amide bonds. The molecule has 0 saturated heterocycles. The van der Waals surface area contributed by atoms with Crippen LogP contribution in [0.1, 0.15) is 23.1 Å². The normalized spacial score (nSPS) is 10.5. The number of halogens is 1. The lowest BCUT2D eigenvalue weighted by Gasteiger charge is -2.09. The van der Waals surface area contributed by atoms with Gasteiger partial charge in [0.25, 0.3) is 0 Å². The van der Waals surface area contributed by atoms with E-state index in [4.69, 9.17) is 22.7 Å². The van der Waals surface area contributed by atoms with Crippen molar-refractivity contribution in [1.82, 2.24) is 4.98 Å². The van der Waals surface area contributed by atoms with Crippen molar-refractivity contribution in [3.8, 4) is 0 Å². The first-order chi connectivity index (χ1) is 10.2. The summed E-state index contributed by atoms with van der Waals surface area (Å²) in [6.45, 7) is 1.000. The first-order valence-corrected chi connectivity index (χ1v) is 7.12. The van der Waals surface area contributed by atoms with Crippen LogP contribution in [0.15, 0.2) is 42.7 Å². The lowest BCUT2D eigenvalue weighted by Crippen LogP contribution is -2.13. The van der Waals surface area contributed by atoms with Gasteiger partial charge in [-0.2, -0.15) is 0 Å². The second-order valence-electron chi connectivity index (χ2n) is 4.68. The molecule has 0 bridgehead atoms. The van der Waals surface area contributed by atoms with Gasteiger partial charge in [-0.1, -0.05) is 18.3 Å². The van der Waals surface area contributed by atoms with E-state index in [-0.39, 0.29) is 10.8 Å². The number of hydrogen-bond acceptors (Lipinski definition) is 3. The summed E-state index contributed by atoms with van der Waals surface area (Å²) in [5.74, 6) is -0.348. The van der Waals surface area contributed by atoms with E-state index >= 15 is 0 Å². The van der Waals surface area contributed by atoms with Crippen LogP contribution in [0.2, 0.25) is 0 Å². The fourth-order valence-corrected chi connectivity index (χ4v) is 2.20. The summed E-state index contributed by atoms with van der Waals surface area (Å²) in [6, 6.07) is 8.37. The molecule has 0 aliphatic carbocycles. The van der Waals surface area contributed by atoms with Crippen LogP contribution >= 0.6 is 12.2 Å². The van der Waals surface area contributed by atoms with Crippen LogP contribution in [-0.4, -0.2) is 16.6 Å². The van der Waals surface area contributed by atoms with E-state index in [1.54, 1.807) is 18.5 Å². The third-order valence-electron chi connectivity index (χ3n) is 3.10. The number of nitrogens with two attached hydrogens (primary N) is 1. The molecule has 0 atom stereocenters. The molecule has 2 rings (SSSR count). The first kappa shape index (κ1) is 15.5. The van der Waals surface area contributed by atoms with Crippen LogP contribution in [-0.2, 0) is 17.8 Å². The van der Waals surface area contributed by atoms with Gasteiger partial charge in [-0.25, -0.2) is 4.39 Å². The molecular weight excluding hydrogens is 287 g/mol. The predicted octanol–water partition coefficient (Wildman–Crippen LogP) is 3.00. The summed E-state index contributed by atoms with van der Waals surface area (Å²) in [6.07, 6.45) is 5.41. The molecule has 3 nitrogen and oxygen atoms in total. The van der Waals surface area contributed by atoms with Crippen molar-refractivity contribution in [2.24, 2.45) is 5.73 Å². The summed E-state index contributed by atoms with van der Waals surface area (Å²) in [7, 11) is 0. The number of thiocarbonyl (C=S) groups is 1. The van der Waals surface area contributed by atoms with Gasteiger partial charge < -0.3 is 10.5 Å². The molecule has 2 aromatic rings. The second kappa shape index (κ2) is 7.81. The molecule has 0 fully saturated rings. The SMILES string of the molecule is NC(=S)c1cc(F)ccc1COCCCc1ccncc1. The van der Waals surface area contributed by atoms with Gasteiger partial charge in [-0.3, -0.25) is 4.98 Å². The van der Waals surface area contributed by atoms with Gasteiger partial charge in [0.05, 0.1) is 6.61 Å². The van der Waals surface area contributed by atoms with E-state index in [9.17, 15) is 4.39 Å². The smallest absolute Gasteiger partial charge is 0.123 e. The fraction of sp³-hybridized carbons (Fsp3) is 0.250. The molecule has 0 aliphatic rings. The van der Waals surface area contributed by atoms with Crippen molar-refractivity contribution in [2.45, 2.75) is 19.4 Å². The highest BCUT2D eigenvalue weighted by atomic mass is 32.1. The third kappa shape index (κ3) is 4.88. The molecule has 2 N–H and O–H groups in total. The van der Waals surface area contributed by atoms with Crippen LogP contribution in [0, 0.1) is 5.82 Å². The van der Waals surface area contributed by atoms with Gasteiger partial charge in [0.2, 0.25) is 0 Å². The molecular formula is C16H17FN2OS. The summed E-state index contributed by atoms with van der Waals surface area (Å²) < 4.78 is 18.8. The standard InChI is InChI=1S/C16H17FN2OS/c17-14-4-3-13(15(10-14)16(18)21)11-20-9-1-2-12-5-7-19-8-6-12/h3-8,10H,1-2,9,11H2,(H2,18,21). The van der Waals surface area contributed by atoms with Gasteiger partial charge in [-0.05, 0) is 48.2 Å². The van der Waals surface area contributed by atoms with E-state index < -0.39 is 0 Å². The zero-order valence-corrected chi connectivity index (χ0v) is 12.4. The van der Waals surface area contributed by atoms with Gasteiger partial charge in [0.15, 0.2) is 0 Å². The Morgan fingerprint density at radius 3 is 2.71 bits per heavy atom. The molecule has 0 spiro atoms. The monoisotopic (exact) mass is 304 g/mol. The Labute approximate surface area is 129 Å². The number of hydrogen-bond donors (Lipinski definition) is 1. The van der Waals surface area contributed by atoms with E-state index in [2.05, 4.69) is 4.98 Å². The number of aromatic nitrogens is 1. The van der Waals surface area contributed by atoms with Crippen LogP contribution in [0.25, 0.3) is 0 Å². The van der Waals surface area contributed by atoms with Crippen molar-refractivity contribution in [3.05, 3.63) is 65.2 Å². The van der Waals surface area contributed by atoms with Crippen molar-refractivity contribution in [1.29, 1.82) is 0 Å². The van der Waals surface area contributed by atoms with Crippen LogP contribution in [0.5, 0.6) is 0 Å². The third-order valence-corrected chi connectivity index (χ3v) is 3.32. The van der Waals surface area contributed by atoms with E-state index in [0.717, 1.165) is 18.4 Å². The largest absolute Gasteiger partial charge is 0.389 e. The fourth-order valence-electron chi connectivity index (χ4n) is 2.01. The van der Waals surface area contributed by atoms with Gasteiger partial charge in [-0.15, -0.1) is 0 Å². The predicted molar refractivity (Wildman–Crippen MR) is 84.5 cm³/mol. The second-order valence-corrected chi connectivity index (χ2v) is 5.12. The summed E-state index contributed by atoms with van der Waals surface area (Å²) in [4.78, 5) is 4.16. The Balaban J connectivity index is 1.80. The van der Waals surface area contributed by atoms with Gasteiger partial charge >= 0.3 is 0 Å². The number of rotatable bonds is 7. The highest BCUT2D eigenvalue weighted by Gasteiger charge is 2.07. The lowest BCUT2D eigenvalue weighted by atomic mass is 10.1. The molecule has 21 heavy (non-hydrogen) atoms. The minimum Gasteiger partial charge on any atom is -0.389 e. The molecule has 1 heterocycles. The number of pyridine rings is 1. The van der Waals surface area contributed by atoms with Crippen LogP contribution in [0.4, 0.5) is 4.39 Å². The van der Waals surface area contributed by atoms with E-state index in [1.165, 1.54) is 17.7 Å². The number of aryl methyl sites for hydroxylation is 1. The van der Waals surface area contributed by atoms with Crippen molar-refractivity contribution in [2.75, 3.05) is 6.61 Å².